The summed E-state index contributed by atoms with van der Waals surface area (Å²) < 4.78 is 4.90. The molecule has 0 saturated heterocycles. The third-order valence-corrected chi connectivity index (χ3v) is 1.61. The van der Waals surface area contributed by atoms with Crippen molar-refractivity contribution in [1.82, 2.24) is 4.90 Å². The van der Waals surface area contributed by atoms with Crippen LogP contribution in [-0.2, 0) is 9.53 Å². The van der Waals surface area contributed by atoms with Crippen LogP contribution in [0.1, 0.15) is 20.3 Å². The van der Waals surface area contributed by atoms with E-state index in [2.05, 4.69) is 6.58 Å². The van der Waals surface area contributed by atoms with Gasteiger partial charge in [0.25, 0.3) is 0 Å². The Hall–Kier alpha value is -0.990. The molecule has 0 radical (unpaired) electrons. The molecular formula is C9H17NO2. The van der Waals surface area contributed by atoms with Crippen molar-refractivity contribution in [2.24, 2.45) is 0 Å². The van der Waals surface area contributed by atoms with E-state index in [9.17, 15) is 4.79 Å². The van der Waals surface area contributed by atoms with Crippen LogP contribution in [0.4, 0.5) is 0 Å². The third-order valence-electron chi connectivity index (χ3n) is 1.61. The average molecular weight is 171 g/mol. The molecule has 0 aliphatic heterocycles. The number of hydrogen-bond donors (Lipinski definition) is 0. The molecule has 12 heavy (non-hydrogen) atoms. The molecule has 0 aliphatic rings. The predicted molar refractivity (Wildman–Crippen MR) is 48.7 cm³/mol. The molecule has 70 valence electrons. The molecule has 0 fully saturated rings. The summed E-state index contributed by atoms with van der Waals surface area (Å²) in [6, 6.07) is 0. The van der Waals surface area contributed by atoms with E-state index in [1.807, 2.05) is 20.9 Å². The van der Waals surface area contributed by atoms with Crippen LogP contribution in [0.3, 0.4) is 0 Å². The van der Waals surface area contributed by atoms with Crippen LogP contribution in [0.15, 0.2) is 12.3 Å². The maximum absolute atomic E-state index is 11.1. The van der Waals surface area contributed by atoms with Crippen molar-refractivity contribution in [2.45, 2.75) is 20.3 Å². The van der Waals surface area contributed by atoms with Gasteiger partial charge < -0.3 is 9.64 Å². The Kier molecular flexibility index (Phi) is 5.17. The Morgan fingerprint density at radius 3 is 2.50 bits per heavy atom. The van der Waals surface area contributed by atoms with Gasteiger partial charge in [-0.3, -0.25) is 0 Å². The maximum Gasteiger partial charge on any atom is 0.353 e. The molecule has 0 spiro atoms. The summed E-state index contributed by atoms with van der Waals surface area (Å²) in [6.45, 7) is 8.78. The fourth-order valence-corrected chi connectivity index (χ4v) is 0.625. The number of ether oxygens (including phenoxy) is 1. The lowest BCUT2D eigenvalue weighted by molar-refractivity contribution is -0.140. The number of carbonyl (C=O) groups excluding carboxylic acids is 1. The average Bonchev–Trinajstić information content (AvgIpc) is 2.11. The lowest BCUT2D eigenvalue weighted by Gasteiger charge is -2.17. The summed E-state index contributed by atoms with van der Waals surface area (Å²) in [5.41, 5.74) is 0.422. The minimum Gasteiger partial charge on any atom is -0.461 e. The zero-order valence-electron chi connectivity index (χ0n) is 8.09. The summed E-state index contributed by atoms with van der Waals surface area (Å²) >= 11 is 0. The van der Waals surface area contributed by atoms with Gasteiger partial charge in [-0.25, -0.2) is 4.79 Å². The lowest BCUT2D eigenvalue weighted by atomic mass is 10.4. The van der Waals surface area contributed by atoms with Gasteiger partial charge in [0, 0.05) is 13.6 Å². The highest BCUT2D eigenvalue weighted by atomic mass is 16.5. The van der Waals surface area contributed by atoms with Crippen molar-refractivity contribution < 1.29 is 9.53 Å². The van der Waals surface area contributed by atoms with E-state index in [0.717, 1.165) is 13.0 Å². The first kappa shape index (κ1) is 11.0. The quantitative estimate of drug-likeness (QED) is 0.462. The minimum absolute atomic E-state index is 0.318. The van der Waals surface area contributed by atoms with E-state index in [0.29, 0.717) is 12.3 Å². The summed E-state index contributed by atoms with van der Waals surface area (Å²) in [5, 5.41) is 0. The molecule has 0 bridgehead atoms. The van der Waals surface area contributed by atoms with Crippen molar-refractivity contribution in [3.05, 3.63) is 12.3 Å². The monoisotopic (exact) mass is 171 g/mol. The van der Waals surface area contributed by atoms with E-state index in [1.54, 1.807) is 4.90 Å². The minimum atomic E-state index is -0.318. The summed E-state index contributed by atoms with van der Waals surface area (Å²) in [4.78, 5) is 12.9. The van der Waals surface area contributed by atoms with Crippen molar-refractivity contribution in [2.75, 3.05) is 20.2 Å². The highest BCUT2D eigenvalue weighted by molar-refractivity contribution is 5.86. The Labute approximate surface area is 74.0 Å². The van der Waals surface area contributed by atoms with Crippen molar-refractivity contribution in [3.8, 4) is 0 Å². The van der Waals surface area contributed by atoms with Crippen LogP contribution in [0, 0.1) is 0 Å². The largest absolute Gasteiger partial charge is 0.461 e. The van der Waals surface area contributed by atoms with Crippen LogP contribution < -0.4 is 0 Å². The molecule has 0 atom stereocenters. The molecule has 0 rings (SSSR count). The number of likely N-dealkylation sites (N-methyl/N-ethyl adjacent to an activating group) is 1. The smallest absolute Gasteiger partial charge is 0.353 e. The lowest BCUT2D eigenvalue weighted by Crippen LogP contribution is -2.24. The predicted octanol–water partition coefficient (Wildman–Crippen LogP) is 1.41. The van der Waals surface area contributed by atoms with Crippen LogP contribution >= 0.6 is 0 Å². The number of rotatable bonds is 5. The van der Waals surface area contributed by atoms with Crippen LogP contribution in [0.2, 0.25) is 0 Å². The topological polar surface area (TPSA) is 29.5 Å². The van der Waals surface area contributed by atoms with Gasteiger partial charge in [-0.05, 0) is 13.3 Å². The molecule has 0 unspecified atom stereocenters. The second kappa shape index (κ2) is 5.63. The first-order valence-electron chi connectivity index (χ1n) is 4.20. The Balaban J connectivity index is 3.85. The van der Waals surface area contributed by atoms with Gasteiger partial charge in [-0.2, -0.15) is 0 Å². The molecule has 0 aromatic heterocycles. The fraction of sp³-hybridized carbons (Fsp3) is 0.667. The summed E-state index contributed by atoms with van der Waals surface area (Å²) in [5.74, 6) is -0.318. The molecular weight excluding hydrogens is 154 g/mol. The summed E-state index contributed by atoms with van der Waals surface area (Å²) in [6.07, 6.45) is 0.842. The van der Waals surface area contributed by atoms with Crippen molar-refractivity contribution in [1.29, 1.82) is 0 Å². The van der Waals surface area contributed by atoms with E-state index >= 15 is 0 Å². The SMILES string of the molecule is C=C(C(=O)OCCC)N(C)CC. The number of hydrogen-bond acceptors (Lipinski definition) is 3. The zero-order chi connectivity index (χ0) is 9.56. The number of esters is 1. The third kappa shape index (κ3) is 3.42. The standard InChI is InChI=1S/C9H17NO2/c1-5-7-12-9(11)8(3)10(4)6-2/h3,5-7H2,1-2,4H3. The molecule has 3 heteroatoms. The zero-order valence-corrected chi connectivity index (χ0v) is 8.09. The maximum atomic E-state index is 11.1. The van der Waals surface area contributed by atoms with E-state index in [-0.39, 0.29) is 5.97 Å². The molecule has 0 N–H and O–H groups in total. The van der Waals surface area contributed by atoms with Gasteiger partial charge in [0.2, 0.25) is 0 Å². The normalized spacial score (nSPS) is 9.25. The highest BCUT2D eigenvalue weighted by Crippen LogP contribution is 2.00. The van der Waals surface area contributed by atoms with Crippen LogP contribution in [0.25, 0.3) is 0 Å². The number of nitrogens with zero attached hydrogens (tertiary/aromatic N) is 1. The first-order valence-corrected chi connectivity index (χ1v) is 4.20. The Morgan fingerprint density at radius 2 is 2.08 bits per heavy atom. The molecule has 0 aliphatic carbocycles. The van der Waals surface area contributed by atoms with Crippen molar-refractivity contribution >= 4 is 5.97 Å². The second-order valence-corrected chi connectivity index (χ2v) is 2.60. The van der Waals surface area contributed by atoms with Gasteiger partial charge in [0.1, 0.15) is 5.70 Å². The van der Waals surface area contributed by atoms with E-state index < -0.39 is 0 Å². The molecule has 0 heterocycles. The van der Waals surface area contributed by atoms with Gasteiger partial charge in [0.15, 0.2) is 0 Å². The van der Waals surface area contributed by atoms with E-state index in [4.69, 9.17) is 4.74 Å². The highest BCUT2D eigenvalue weighted by Gasteiger charge is 2.10. The summed E-state index contributed by atoms with van der Waals surface area (Å²) in [7, 11) is 1.82. The molecule has 0 amide bonds. The second-order valence-electron chi connectivity index (χ2n) is 2.60. The molecule has 0 aromatic rings. The fourth-order valence-electron chi connectivity index (χ4n) is 0.625. The van der Waals surface area contributed by atoms with Gasteiger partial charge in [-0.1, -0.05) is 13.5 Å². The van der Waals surface area contributed by atoms with Crippen molar-refractivity contribution in [3.63, 3.8) is 0 Å². The van der Waals surface area contributed by atoms with Crippen LogP contribution in [-0.4, -0.2) is 31.1 Å². The van der Waals surface area contributed by atoms with Gasteiger partial charge in [-0.15, -0.1) is 0 Å². The first-order chi connectivity index (χ1) is 5.63. The van der Waals surface area contributed by atoms with Gasteiger partial charge in [0.05, 0.1) is 6.61 Å². The molecule has 0 aromatic carbocycles. The number of carbonyl (C=O) groups is 1. The Morgan fingerprint density at radius 1 is 1.50 bits per heavy atom. The van der Waals surface area contributed by atoms with Crippen LogP contribution in [0.5, 0.6) is 0 Å². The Bertz CT molecular complexity index is 166. The van der Waals surface area contributed by atoms with Gasteiger partial charge >= 0.3 is 5.97 Å². The molecule has 0 saturated carbocycles. The molecule has 3 nitrogen and oxygen atoms in total. The van der Waals surface area contributed by atoms with E-state index in [1.165, 1.54) is 0 Å².